The van der Waals surface area contributed by atoms with Crippen molar-refractivity contribution in [3.05, 3.63) is 18.3 Å². The van der Waals surface area contributed by atoms with Gasteiger partial charge in [-0.1, -0.05) is 0 Å². The van der Waals surface area contributed by atoms with Crippen LogP contribution in [0.15, 0.2) is 18.3 Å². The van der Waals surface area contributed by atoms with Gasteiger partial charge >= 0.3 is 0 Å². The Kier molecular flexibility index (Phi) is 3.58. The van der Waals surface area contributed by atoms with Gasteiger partial charge in [0.2, 0.25) is 0 Å². The molecule has 0 amide bonds. The monoisotopic (exact) mass is 222 g/mol. The minimum atomic E-state index is 0.308. The summed E-state index contributed by atoms with van der Waals surface area (Å²) in [6.07, 6.45) is 5.52. The van der Waals surface area contributed by atoms with Crippen molar-refractivity contribution in [3.8, 4) is 0 Å². The number of hydrazine groups is 1. The van der Waals surface area contributed by atoms with E-state index in [2.05, 4.69) is 15.7 Å². The third kappa shape index (κ3) is 2.43. The topological polar surface area (TPSA) is 72.2 Å². The molecular formula is C11H18N4O. The van der Waals surface area contributed by atoms with E-state index >= 15 is 0 Å². The lowest BCUT2D eigenvalue weighted by atomic mass is 10.2. The fraction of sp³-hybridized carbons (Fsp3) is 0.545. The molecule has 0 bridgehead atoms. The Morgan fingerprint density at radius 1 is 1.50 bits per heavy atom. The number of methoxy groups -OCH3 is 1. The van der Waals surface area contributed by atoms with E-state index in [-0.39, 0.29) is 0 Å². The lowest BCUT2D eigenvalue weighted by Crippen LogP contribution is -2.29. The summed E-state index contributed by atoms with van der Waals surface area (Å²) in [6.45, 7) is 0. The molecule has 1 aliphatic rings. The number of hydrogen-bond donors (Lipinski definition) is 3. The molecule has 88 valence electrons. The van der Waals surface area contributed by atoms with E-state index in [0.29, 0.717) is 18.0 Å². The van der Waals surface area contributed by atoms with E-state index < -0.39 is 0 Å². The average Bonchev–Trinajstić information content (AvgIpc) is 2.76. The third-order valence-electron chi connectivity index (χ3n) is 3.02. The van der Waals surface area contributed by atoms with E-state index in [1.54, 1.807) is 13.3 Å². The molecule has 2 rings (SSSR count). The van der Waals surface area contributed by atoms with Crippen LogP contribution < -0.4 is 16.6 Å². The summed E-state index contributed by atoms with van der Waals surface area (Å²) in [5, 5.41) is 3.46. The molecule has 16 heavy (non-hydrogen) atoms. The Labute approximate surface area is 95.4 Å². The number of anilines is 2. The summed E-state index contributed by atoms with van der Waals surface area (Å²) in [7, 11) is 1.77. The summed E-state index contributed by atoms with van der Waals surface area (Å²) in [6, 6.07) is 4.22. The predicted molar refractivity (Wildman–Crippen MR) is 64.1 cm³/mol. The van der Waals surface area contributed by atoms with Crippen LogP contribution >= 0.6 is 0 Å². The lowest BCUT2D eigenvalue weighted by molar-refractivity contribution is 0.101. The highest BCUT2D eigenvalue weighted by Gasteiger charge is 2.26. The highest BCUT2D eigenvalue weighted by atomic mass is 16.5. The summed E-state index contributed by atoms with van der Waals surface area (Å²) in [5.74, 6) is 5.98. The molecule has 0 radical (unpaired) electrons. The SMILES string of the molecule is COC1CCCC1Nc1ccnc(NN)c1. The molecular weight excluding hydrogens is 204 g/mol. The molecule has 1 aliphatic carbocycles. The van der Waals surface area contributed by atoms with Gasteiger partial charge in [-0.3, -0.25) is 0 Å². The average molecular weight is 222 g/mol. The van der Waals surface area contributed by atoms with Gasteiger partial charge in [0.15, 0.2) is 0 Å². The van der Waals surface area contributed by atoms with E-state index in [1.807, 2.05) is 12.1 Å². The highest BCUT2D eigenvalue weighted by Crippen LogP contribution is 2.25. The van der Waals surface area contributed by atoms with Crippen molar-refractivity contribution in [2.45, 2.75) is 31.4 Å². The summed E-state index contributed by atoms with van der Waals surface area (Å²) in [5.41, 5.74) is 3.56. The zero-order chi connectivity index (χ0) is 11.4. The summed E-state index contributed by atoms with van der Waals surface area (Å²) >= 11 is 0. The molecule has 5 nitrogen and oxygen atoms in total. The van der Waals surface area contributed by atoms with E-state index in [0.717, 1.165) is 18.5 Å². The largest absolute Gasteiger partial charge is 0.380 e. The van der Waals surface area contributed by atoms with Crippen molar-refractivity contribution in [2.24, 2.45) is 5.84 Å². The van der Waals surface area contributed by atoms with Gasteiger partial charge in [-0.15, -0.1) is 0 Å². The molecule has 4 N–H and O–H groups in total. The maximum Gasteiger partial charge on any atom is 0.141 e. The van der Waals surface area contributed by atoms with Crippen molar-refractivity contribution < 1.29 is 4.74 Å². The van der Waals surface area contributed by atoms with Gasteiger partial charge in [-0.2, -0.15) is 0 Å². The molecule has 1 aromatic heterocycles. The third-order valence-corrected chi connectivity index (χ3v) is 3.02. The molecule has 0 aromatic carbocycles. The number of aromatic nitrogens is 1. The number of nitrogens with zero attached hydrogens (tertiary/aromatic N) is 1. The van der Waals surface area contributed by atoms with Crippen LogP contribution in [0, 0.1) is 0 Å². The van der Waals surface area contributed by atoms with Crippen LogP contribution in [0.1, 0.15) is 19.3 Å². The Hall–Kier alpha value is -1.33. The Morgan fingerprint density at radius 3 is 3.12 bits per heavy atom. The number of pyridine rings is 1. The van der Waals surface area contributed by atoms with Crippen molar-refractivity contribution in [1.29, 1.82) is 0 Å². The highest BCUT2D eigenvalue weighted by molar-refractivity contribution is 5.52. The van der Waals surface area contributed by atoms with Gasteiger partial charge in [0.1, 0.15) is 5.82 Å². The van der Waals surface area contributed by atoms with E-state index in [4.69, 9.17) is 10.6 Å². The second kappa shape index (κ2) is 5.14. The van der Waals surface area contributed by atoms with Crippen molar-refractivity contribution in [2.75, 3.05) is 17.9 Å². The van der Waals surface area contributed by atoms with Crippen LogP contribution in [0.25, 0.3) is 0 Å². The number of ether oxygens (including phenoxy) is 1. The van der Waals surface area contributed by atoms with Crippen LogP contribution in [-0.2, 0) is 4.74 Å². The van der Waals surface area contributed by atoms with E-state index in [1.165, 1.54) is 6.42 Å². The molecule has 2 atom stereocenters. The summed E-state index contributed by atoms with van der Waals surface area (Å²) in [4.78, 5) is 4.06. The molecule has 0 saturated heterocycles. The molecule has 0 spiro atoms. The van der Waals surface area contributed by atoms with Crippen molar-refractivity contribution >= 4 is 11.5 Å². The minimum absolute atomic E-state index is 0.308. The van der Waals surface area contributed by atoms with Gasteiger partial charge in [-0.25, -0.2) is 10.8 Å². The smallest absolute Gasteiger partial charge is 0.141 e. The molecule has 5 heteroatoms. The van der Waals surface area contributed by atoms with Gasteiger partial charge in [-0.05, 0) is 25.3 Å². The fourth-order valence-electron chi connectivity index (χ4n) is 2.19. The van der Waals surface area contributed by atoms with Crippen LogP contribution in [0.5, 0.6) is 0 Å². The normalized spacial score (nSPS) is 24.4. The first kappa shape index (κ1) is 11.2. The molecule has 1 aromatic rings. The second-order valence-corrected chi connectivity index (χ2v) is 4.03. The lowest BCUT2D eigenvalue weighted by Gasteiger charge is -2.20. The van der Waals surface area contributed by atoms with Crippen LogP contribution in [0.4, 0.5) is 11.5 Å². The molecule has 0 aliphatic heterocycles. The van der Waals surface area contributed by atoms with Gasteiger partial charge in [0, 0.05) is 25.1 Å². The Bertz CT molecular complexity index is 345. The number of nitrogens with two attached hydrogens (primary N) is 1. The van der Waals surface area contributed by atoms with Gasteiger partial charge in [0.05, 0.1) is 12.1 Å². The molecule has 1 saturated carbocycles. The van der Waals surface area contributed by atoms with Crippen LogP contribution in [-0.4, -0.2) is 24.2 Å². The summed E-state index contributed by atoms with van der Waals surface area (Å²) < 4.78 is 5.43. The van der Waals surface area contributed by atoms with Gasteiger partial charge < -0.3 is 15.5 Å². The van der Waals surface area contributed by atoms with Crippen LogP contribution in [0.3, 0.4) is 0 Å². The quantitative estimate of drug-likeness (QED) is 0.530. The number of rotatable bonds is 4. The minimum Gasteiger partial charge on any atom is -0.380 e. The van der Waals surface area contributed by atoms with Gasteiger partial charge in [0.25, 0.3) is 0 Å². The molecule has 1 heterocycles. The van der Waals surface area contributed by atoms with E-state index in [9.17, 15) is 0 Å². The predicted octanol–water partition coefficient (Wildman–Crippen LogP) is 1.35. The zero-order valence-electron chi connectivity index (χ0n) is 9.44. The Balaban J connectivity index is 2.02. The maximum absolute atomic E-state index is 5.43. The second-order valence-electron chi connectivity index (χ2n) is 4.03. The zero-order valence-corrected chi connectivity index (χ0v) is 9.44. The number of hydrogen-bond acceptors (Lipinski definition) is 5. The molecule has 1 fully saturated rings. The van der Waals surface area contributed by atoms with Crippen molar-refractivity contribution in [1.82, 2.24) is 4.98 Å². The first-order valence-electron chi connectivity index (χ1n) is 5.55. The Morgan fingerprint density at radius 2 is 2.38 bits per heavy atom. The first-order chi connectivity index (χ1) is 7.83. The number of nitrogen functional groups attached to an aromatic ring is 1. The van der Waals surface area contributed by atoms with Crippen LogP contribution in [0.2, 0.25) is 0 Å². The standard InChI is InChI=1S/C11H18N4O/c1-16-10-4-2-3-9(10)14-8-5-6-13-11(7-8)15-12/h5-7,9-10H,2-4,12H2,1H3,(H2,13,14,15). The fourth-order valence-corrected chi connectivity index (χ4v) is 2.19. The van der Waals surface area contributed by atoms with Crippen molar-refractivity contribution in [3.63, 3.8) is 0 Å². The maximum atomic E-state index is 5.43. The molecule has 2 unspecified atom stereocenters. The first-order valence-corrected chi connectivity index (χ1v) is 5.55. The number of nitrogens with one attached hydrogen (secondary N) is 2.